The van der Waals surface area contributed by atoms with Crippen LogP contribution in [0.25, 0.3) is 11.3 Å². The summed E-state index contributed by atoms with van der Waals surface area (Å²) in [5.41, 5.74) is 1.46. The SMILES string of the molecule is Cc1onc(-c2c(Cl)cccc2Cl)c1NC(=O)N1CC=CCC1. The lowest BCUT2D eigenvalue weighted by Crippen LogP contribution is -2.37. The average Bonchev–Trinajstić information content (AvgIpc) is 2.89. The lowest BCUT2D eigenvalue weighted by atomic mass is 10.1. The average molecular weight is 352 g/mol. The molecule has 3 rings (SSSR count). The van der Waals surface area contributed by atoms with Gasteiger partial charge in [-0.15, -0.1) is 0 Å². The number of carbonyl (C=O) groups excluding carboxylic acids is 1. The van der Waals surface area contributed by atoms with Gasteiger partial charge in [-0.1, -0.05) is 46.6 Å². The van der Waals surface area contributed by atoms with Crippen LogP contribution in [0, 0.1) is 6.92 Å². The van der Waals surface area contributed by atoms with Gasteiger partial charge in [-0.3, -0.25) is 0 Å². The molecule has 0 aliphatic carbocycles. The van der Waals surface area contributed by atoms with Gasteiger partial charge in [0.05, 0.1) is 10.0 Å². The first-order valence-electron chi connectivity index (χ1n) is 7.19. The number of hydrogen-bond donors (Lipinski definition) is 1. The zero-order valence-corrected chi connectivity index (χ0v) is 14.0. The molecule has 0 bridgehead atoms. The summed E-state index contributed by atoms with van der Waals surface area (Å²) in [5, 5.41) is 7.77. The molecular formula is C16H15Cl2N3O2. The third-order valence-electron chi connectivity index (χ3n) is 3.64. The van der Waals surface area contributed by atoms with Crippen molar-refractivity contribution < 1.29 is 9.32 Å². The molecule has 0 saturated heterocycles. The van der Waals surface area contributed by atoms with Crippen molar-refractivity contribution in [2.24, 2.45) is 0 Å². The fourth-order valence-corrected chi connectivity index (χ4v) is 3.00. The number of carbonyl (C=O) groups is 1. The van der Waals surface area contributed by atoms with Crippen LogP contribution in [0.4, 0.5) is 10.5 Å². The molecule has 5 nitrogen and oxygen atoms in total. The molecule has 0 spiro atoms. The van der Waals surface area contributed by atoms with Crippen LogP contribution in [0.2, 0.25) is 10.0 Å². The zero-order valence-electron chi connectivity index (χ0n) is 12.5. The normalized spacial score (nSPS) is 14.1. The van der Waals surface area contributed by atoms with Gasteiger partial charge in [0.25, 0.3) is 0 Å². The van der Waals surface area contributed by atoms with E-state index in [0.717, 1.165) is 6.42 Å². The van der Waals surface area contributed by atoms with E-state index in [2.05, 4.69) is 16.5 Å². The van der Waals surface area contributed by atoms with Crippen molar-refractivity contribution in [2.45, 2.75) is 13.3 Å². The van der Waals surface area contributed by atoms with E-state index in [-0.39, 0.29) is 6.03 Å². The molecule has 0 unspecified atom stereocenters. The number of amides is 2. The Balaban J connectivity index is 1.93. The topological polar surface area (TPSA) is 58.4 Å². The summed E-state index contributed by atoms with van der Waals surface area (Å²) in [4.78, 5) is 14.1. The van der Waals surface area contributed by atoms with Crippen LogP contribution in [0.1, 0.15) is 12.2 Å². The van der Waals surface area contributed by atoms with Crippen molar-refractivity contribution in [2.75, 3.05) is 18.4 Å². The molecule has 1 aliphatic heterocycles. The first-order valence-corrected chi connectivity index (χ1v) is 7.95. The number of nitrogens with one attached hydrogen (secondary N) is 1. The molecular weight excluding hydrogens is 337 g/mol. The summed E-state index contributed by atoms with van der Waals surface area (Å²) >= 11 is 12.5. The highest BCUT2D eigenvalue weighted by Crippen LogP contribution is 2.39. The highest BCUT2D eigenvalue weighted by Gasteiger charge is 2.23. The number of hydrogen-bond acceptors (Lipinski definition) is 3. The molecule has 7 heteroatoms. The Morgan fingerprint density at radius 2 is 2.04 bits per heavy atom. The number of nitrogens with zero attached hydrogens (tertiary/aromatic N) is 2. The number of rotatable bonds is 2. The van der Waals surface area contributed by atoms with Crippen LogP contribution in [0.5, 0.6) is 0 Å². The van der Waals surface area contributed by atoms with Gasteiger partial charge in [-0.05, 0) is 25.5 Å². The molecule has 2 amide bonds. The van der Waals surface area contributed by atoms with Gasteiger partial charge in [0.2, 0.25) is 0 Å². The van der Waals surface area contributed by atoms with Crippen molar-refractivity contribution in [3.63, 3.8) is 0 Å². The van der Waals surface area contributed by atoms with Gasteiger partial charge in [0.1, 0.15) is 11.4 Å². The molecule has 1 N–H and O–H groups in total. The summed E-state index contributed by atoms with van der Waals surface area (Å²) < 4.78 is 5.23. The predicted octanol–water partition coefficient (Wildman–Crippen LogP) is 4.75. The van der Waals surface area contributed by atoms with Gasteiger partial charge in [-0.2, -0.15) is 0 Å². The van der Waals surface area contributed by atoms with E-state index >= 15 is 0 Å². The smallest absolute Gasteiger partial charge is 0.322 e. The van der Waals surface area contributed by atoms with E-state index in [1.54, 1.807) is 30.0 Å². The molecule has 2 heterocycles. The van der Waals surface area contributed by atoms with Crippen LogP contribution >= 0.6 is 23.2 Å². The second-order valence-electron chi connectivity index (χ2n) is 5.20. The van der Waals surface area contributed by atoms with E-state index < -0.39 is 0 Å². The Bertz CT molecular complexity index is 750. The highest BCUT2D eigenvalue weighted by molar-refractivity contribution is 6.39. The van der Waals surface area contributed by atoms with Crippen LogP contribution < -0.4 is 5.32 Å². The third kappa shape index (κ3) is 3.21. The van der Waals surface area contributed by atoms with E-state index in [9.17, 15) is 4.79 Å². The maximum atomic E-state index is 12.4. The number of benzene rings is 1. The van der Waals surface area contributed by atoms with Gasteiger partial charge < -0.3 is 14.7 Å². The molecule has 2 aromatic rings. The predicted molar refractivity (Wildman–Crippen MR) is 91.0 cm³/mol. The molecule has 0 radical (unpaired) electrons. The number of aryl methyl sites for hydroxylation is 1. The Labute approximate surface area is 143 Å². The van der Waals surface area contributed by atoms with E-state index in [1.165, 1.54) is 0 Å². The van der Waals surface area contributed by atoms with Crippen LogP contribution in [0.15, 0.2) is 34.9 Å². The Morgan fingerprint density at radius 1 is 1.30 bits per heavy atom. The van der Waals surface area contributed by atoms with E-state index in [0.29, 0.717) is 45.8 Å². The van der Waals surface area contributed by atoms with Crippen molar-refractivity contribution in [3.05, 3.63) is 46.2 Å². The fraction of sp³-hybridized carbons (Fsp3) is 0.250. The molecule has 1 aromatic heterocycles. The first-order chi connectivity index (χ1) is 11.1. The highest BCUT2D eigenvalue weighted by atomic mass is 35.5. The number of halogens is 2. The minimum absolute atomic E-state index is 0.204. The molecule has 120 valence electrons. The molecule has 1 aliphatic rings. The minimum atomic E-state index is -0.204. The third-order valence-corrected chi connectivity index (χ3v) is 4.27. The van der Waals surface area contributed by atoms with Crippen molar-refractivity contribution in [3.8, 4) is 11.3 Å². The van der Waals surface area contributed by atoms with Gasteiger partial charge in [-0.25, -0.2) is 4.79 Å². The molecule has 1 aromatic carbocycles. The largest absolute Gasteiger partial charge is 0.359 e. The van der Waals surface area contributed by atoms with Crippen LogP contribution in [-0.2, 0) is 0 Å². The summed E-state index contributed by atoms with van der Waals surface area (Å²) in [6, 6.07) is 4.98. The molecule has 0 saturated carbocycles. The van der Waals surface area contributed by atoms with Crippen LogP contribution in [-0.4, -0.2) is 29.2 Å². The standard InChI is InChI=1S/C16H15Cl2N3O2/c1-10-14(19-16(22)21-8-3-2-4-9-21)15(20-23-10)13-11(17)6-5-7-12(13)18/h2-3,5-7H,4,8-9H2,1H3,(H,19,22). The summed E-state index contributed by atoms with van der Waals surface area (Å²) in [5.74, 6) is 0.497. The fourth-order valence-electron chi connectivity index (χ4n) is 2.43. The molecule has 0 fully saturated rings. The summed E-state index contributed by atoms with van der Waals surface area (Å²) in [6.45, 7) is 2.99. The number of urea groups is 1. The number of aromatic nitrogens is 1. The second-order valence-corrected chi connectivity index (χ2v) is 6.01. The van der Waals surface area contributed by atoms with Crippen molar-refractivity contribution in [1.29, 1.82) is 0 Å². The Hall–Kier alpha value is -1.98. The van der Waals surface area contributed by atoms with E-state index in [4.69, 9.17) is 27.7 Å². The molecule has 0 atom stereocenters. The van der Waals surface area contributed by atoms with Crippen molar-refractivity contribution >= 4 is 34.9 Å². The van der Waals surface area contributed by atoms with Gasteiger partial charge in [0.15, 0.2) is 5.76 Å². The maximum absolute atomic E-state index is 12.4. The summed E-state index contributed by atoms with van der Waals surface area (Å²) in [6.07, 6.45) is 4.87. The zero-order chi connectivity index (χ0) is 16.4. The molecule has 23 heavy (non-hydrogen) atoms. The number of anilines is 1. The van der Waals surface area contributed by atoms with Gasteiger partial charge >= 0.3 is 6.03 Å². The minimum Gasteiger partial charge on any atom is -0.359 e. The first kappa shape index (κ1) is 15.9. The van der Waals surface area contributed by atoms with E-state index in [1.807, 2.05) is 6.08 Å². The Kier molecular flexibility index (Phi) is 4.59. The lowest BCUT2D eigenvalue weighted by molar-refractivity contribution is 0.216. The maximum Gasteiger partial charge on any atom is 0.322 e. The van der Waals surface area contributed by atoms with Crippen LogP contribution in [0.3, 0.4) is 0 Å². The second kappa shape index (κ2) is 6.64. The monoisotopic (exact) mass is 351 g/mol. The Morgan fingerprint density at radius 3 is 2.70 bits per heavy atom. The summed E-state index contributed by atoms with van der Waals surface area (Å²) in [7, 11) is 0. The lowest BCUT2D eigenvalue weighted by Gasteiger charge is -2.23. The quantitative estimate of drug-likeness (QED) is 0.794. The van der Waals surface area contributed by atoms with Gasteiger partial charge in [0, 0.05) is 18.7 Å². The van der Waals surface area contributed by atoms with Crippen molar-refractivity contribution in [1.82, 2.24) is 10.1 Å².